The number of aromatic nitrogens is 4. The number of aryl methyl sites for hydroxylation is 1. The molecule has 1 fully saturated rings. The Bertz CT molecular complexity index is 1080. The molecule has 5 nitrogen and oxygen atoms in total. The molecule has 1 saturated carbocycles. The third-order valence-electron chi connectivity index (χ3n) is 6.09. The van der Waals surface area contributed by atoms with Crippen molar-refractivity contribution in [2.45, 2.75) is 51.0 Å². The van der Waals surface area contributed by atoms with E-state index in [2.05, 4.69) is 15.6 Å². The number of hydrogen-bond donors (Lipinski definition) is 1. The molecule has 0 bridgehead atoms. The summed E-state index contributed by atoms with van der Waals surface area (Å²) >= 11 is 0. The van der Waals surface area contributed by atoms with Gasteiger partial charge in [0.1, 0.15) is 17.5 Å². The van der Waals surface area contributed by atoms with E-state index in [1.807, 2.05) is 6.07 Å². The van der Waals surface area contributed by atoms with E-state index in [0.717, 1.165) is 47.1 Å². The molecule has 5 rings (SSSR count). The number of allylic oxidation sites excluding steroid dienone is 2. The van der Waals surface area contributed by atoms with E-state index in [1.54, 1.807) is 23.9 Å². The van der Waals surface area contributed by atoms with Gasteiger partial charge >= 0.3 is 0 Å². The normalized spacial score (nSPS) is 18.1. The summed E-state index contributed by atoms with van der Waals surface area (Å²) in [6.45, 7) is 0.507. The summed E-state index contributed by atoms with van der Waals surface area (Å²) in [5.74, 6) is 1.56. The molecule has 0 unspecified atom stereocenters. The molecule has 1 atom stereocenters. The first kappa shape index (κ1) is 19.1. The second-order valence-corrected chi connectivity index (χ2v) is 8.14. The molecular formula is C24H26FN5. The smallest absolute Gasteiger partial charge is 0.130 e. The minimum absolute atomic E-state index is 0.247. The van der Waals surface area contributed by atoms with Crippen molar-refractivity contribution in [3.8, 4) is 22.6 Å². The van der Waals surface area contributed by atoms with Gasteiger partial charge in [-0.2, -0.15) is 0 Å². The van der Waals surface area contributed by atoms with Gasteiger partial charge in [-0.1, -0.05) is 11.6 Å². The molecular weight excluding hydrogens is 377 g/mol. The van der Waals surface area contributed by atoms with Crippen LogP contribution >= 0.6 is 0 Å². The molecule has 1 aliphatic heterocycles. The van der Waals surface area contributed by atoms with Crippen molar-refractivity contribution in [2.24, 2.45) is 5.73 Å². The summed E-state index contributed by atoms with van der Waals surface area (Å²) in [6, 6.07) is 8.79. The predicted octanol–water partition coefficient (Wildman–Crippen LogP) is 4.64. The third-order valence-corrected chi connectivity index (χ3v) is 6.09. The Morgan fingerprint density at radius 3 is 2.63 bits per heavy atom. The molecule has 2 N–H and O–H groups in total. The molecule has 0 saturated heterocycles. The maximum Gasteiger partial charge on any atom is 0.130 e. The standard InChI is InChI=1S/C24H26FN5/c25-18-7-5-17(6-8-18)23-24(20-12-14-27-21(28-20)11-13-26)30-19(9-10-22(30)29-23)15-16-3-1-2-4-16/h5-8,12,14-15,19H,1-4,9-11,13,26H2/t19-/m0/s1. The number of halogens is 1. The van der Waals surface area contributed by atoms with Crippen molar-refractivity contribution < 1.29 is 4.39 Å². The van der Waals surface area contributed by atoms with Gasteiger partial charge in [0.05, 0.1) is 23.1 Å². The lowest BCUT2D eigenvalue weighted by Gasteiger charge is -2.15. The number of fused-ring (bicyclic) bond motifs is 1. The Kier molecular flexibility index (Phi) is 5.17. The van der Waals surface area contributed by atoms with Gasteiger partial charge in [-0.3, -0.25) is 0 Å². The van der Waals surface area contributed by atoms with Crippen LogP contribution in [-0.2, 0) is 12.8 Å². The molecule has 30 heavy (non-hydrogen) atoms. The van der Waals surface area contributed by atoms with Crippen LogP contribution in [0.3, 0.4) is 0 Å². The maximum absolute atomic E-state index is 13.5. The fraction of sp³-hybridized carbons (Fsp3) is 0.375. The van der Waals surface area contributed by atoms with Crippen LogP contribution in [0.5, 0.6) is 0 Å². The molecule has 154 valence electrons. The minimum Gasteiger partial charge on any atom is -0.330 e. The van der Waals surface area contributed by atoms with Crippen molar-refractivity contribution >= 4 is 0 Å². The van der Waals surface area contributed by atoms with E-state index in [1.165, 1.54) is 37.8 Å². The van der Waals surface area contributed by atoms with E-state index in [4.69, 9.17) is 15.7 Å². The average molecular weight is 404 g/mol. The highest BCUT2D eigenvalue weighted by atomic mass is 19.1. The second-order valence-electron chi connectivity index (χ2n) is 8.14. The summed E-state index contributed by atoms with van der Waals surface area (Å²) in [7, 11) is 0. The van der Waals surface area contributed by atoms with Crippen LogP contribution < -0.4 is 5.73 Å². The van der Waals surface area contributed by atoms with Crippen LogP contribution in [-0.4, -0.2) is 26.1 Å². The fourth-order valence-corrected chi connectivity index (χ4v) is 4.68. The van der Waals surface area contributed by atoms with Gasteiger partial charge in [0.25, 0.3) is 0 Å². The molecule has 0 spiro atoms. The monoisotopic (exact) mass is 403 g/mol. The second kappa shape index (κ2) is 8.11. The van der Waals surface area contributed by atoms with Crippen LogP contribution in [0.25, 0.3) is 22.6 Å². The van der Waals surface area contributed by atoms with E-state index < -0.39 is 0 Å². The maximum atomic E-state index is 13.5. The zero-order valence-electron chi connectivity index (χ0n) is 17.0. The summed E-state index contributed by atoms with van der Waals surface area (Å²) in [4.78, 5) is 14.2. The number of hydrogen-bond acceptors (Lipinski definition) is 4. The number of nitrogens with zero attached hydrogens (tertiary/aromatic N) is 4. The lowest BCUT2D eigenvalue weighted by Crippen LogP contribution is -2.09. The van der Waals surface area contributed by atoms with Crippen LogP contribution in [0.15, 0.2) is 48.2 Å². The number of imidazole rings is 1. The summed E-state index contributed by atoms with van der Waals surface area (Å²) < 4.78 is 15.9. The predicted molar refractivity (Wildman–Crippen MR) is 115 cm³/mol. The van der Waals surface area contributed by atoms with Crippen molar-refractivity contribution in [3.05, 3.63) is 65.6 Å². The quantitative estimate of drug-likeness (QED) is 0.631. The Morgan fingerprint density at radius 2 is 1.87 bits per heavy atom. The summed E-state index contributed by atoms with van der Waals surface area (Å²) in [5, 5.41) is 0. The Balaban J connectivity index is 1.67. The van der Waals surface area contributed by atoms with Gasteiger partial charge in [0.2, 0.25) is 0 Å². The van der Waals surface area contributed by atoms with Crippen molar-refractivity contribution in [2.75, 3.05) is 6.54 Å². The Hall–Kier alpha value is -2.86. The molecule has 2 aromatic heterocycles. The number of nitrogens with two attached hydrogens (primary N) is 1. The molecule has 3 aromatic rings. The zero-order valence-corrected chi connectivity index (χ0v) is 17.0. The Morgan fingerprint density at radius 1 is 1.07 bits per heavy atom. The molecule has 2 aliphatic rings. The first-order valence-electron chi connectivity index (χ1n) is 10.8. The van der Waals surface area contributed by atoms with Crippen LogP contribution in [0, 0.1) is 5.82 Å². The van der Waals surface area contributed by atoms with Crippen LogP contribution in [0.2, 0.25) is 0 Å². The van der Waals surface area contributed by atoms with Crippen LogP contribution in [0.1, 0.15) is 49.8 Å². The minimum atomic E-state index is -0.247. The van der Waals surface area contributed by atoms with E-state index in [-0.39, 0.29) is 11.9 Å². The van der Waals surface area contributed by atoms with E-state index in [0.29, 0.717) is 13.0 Å². The summed E-state index contributed by atoms with van der Waals surface area (Å²) in [5.41, 5.74) is 10.9. The molecule has 0 amide bonds. The number of benzene rings is 1. The largest absolute Gasteiger partial charge is 0.330 e. The van der Waals surface area contributed by atoms with Gasteiger partial charge < -0.3 is 10.3 Å². The fourth-order valence-electron chi connectivity index (χ4n) is 4.68. The molecule has 1 aliphatic carbocycles. The third kappa shape index (κ3) is 3.56. The summed E-state index contributed by atoms with van der Waals surface area (Å²) in [6.07, 6.45) is 11.9. The van der Waals surface area contributed by atoms with E-state index in [9.17, 15) is 4.39 Å². The molecule has 3 heterocycles. The van der Waals surface area contributed by atoms with Crippen molar-refractivity contribution in [1.82, 2.24) is 19.5 Å². The lowest BCUT2D eigenvalue weighted by atomic mass is 10.1. The molecule has 0 radical (unpaired) electrons. The molecule has 1 aromatic carbocycles. The van der Waals surface area contributed by atoms with Gasteiger partial charge in [0.15, 0.2) is 0 Å². The highest BCUT2D eigenvalue weighted by Gasteiger charge is 2.30. The van der Waals surface area contributed by atoms with Crippen LogP contribution in [0.4, 0.5) is 4.39 Å². The first-order chi connectivity index (χ1) is 14.7. The SMILES string of the molecule is NCCc1nccc(-c2c(-c3ccc(F)cc3)nc3n2[C@H](C=C2CCCC2)CC3)n1. The highest BCUT2D eigenvalue weighted by molar-refractivity contribution is 5.77. The zero-order chi connectivity index (χ0) is 20.5. The topological polar surface area (TPSA) is 69.6 Å². The van der Waals surface area contributed by atoms with Crippen molar-refractivity contribution in [1.29, 1.82) is 0 Å². The highest BCUT2D eigenvalue weighted by Crippen LogP contribution is 2.40. The van der Waals surface area contributed by atoms with Gasteiger partial charge in [-0.15, -0.1) is 0 Å². The van der Waals surface area contributed by atoms with E-state index >= 15 is 0 Å². The van der Waals surface area contributed by atoms with Gasteiger partial charge in [-0.05, 0) is 69.0 Å². The average Bonchev–Trinajstić information content (AvgIpc) is 3.48. The van der Waals surface area contributed by atoms with Gasteiger partial charge in [-0.25, -0.2) is 19.3 Å². The lowest BCUT2D eigenvalue weighted by molar-refractivity contribution is 0.628. The first-order valence-corrected chi connectivity index (χ1v) is 10.8. The number of rotatable bonds is 5. The molecule has 6 heteroatoms. The van der Waals surface area contributed by atoms with Gasteiger partial charge in [0, 0.05) is 24.6 Å². The van der Waals surface area contributed by atoms with Crippen molar-refractivity contribution in [3.63, 3.8) is 0 Å². The Labute approximate surface area is 175 Å².